The van der Waals surface area contributed by atoms with E-state index < -0.39 is 27.2 Å². The van der Waals surface area contributed by atoms with Crippen LogP contribution in [0.15, 0.2) is 0 Å². The van der Waals surface area contributed by atoms with Crippen LogP contribution >= 0.6 is 0 Å². The van der Waals surface area contributed by atoms with Gasteiger partial charge in [0.1, 0.15) is 5.10 Å². The number of hydrogen-bond acceptors (Lipinski definition) is 7. The summed E-state index contributed by atoms with van der Waals surface area (Å²) < 4.78 is 0. The molecule has 0 aromatic carbocycles. The fraction of sp³-hybridized carbons (Fsp3) is 0. The molecule has 3 N–H and O–H groups in total. The smallest absolute Gasteiger partial charge is 0.358 e. The lowest BCUT2D eigenvalue weighted by molar-refractivity contribution is -0.392. The van der Waals surface area contributed by atoms with Gasteiger partial charge in [-0.1, -0.05) is 0 Å². The summed E-state index contributed by atoms with van der Waals surface area (Å²) in [5.74, 6) is -1.61. The van der Waals surface area contributed by atoms with E-state index in [0.29, 0.717) is 0 Å². The highest BCUT2D eigenvalue weighted by Crippen LogP contribution is 2.29. The molecular weight excluding hydrogens is 186 g/mol. The zero-order valence-electron chi connectivity index (χ0n) is 5.92. The molecule has 1 heterocycles. The van der Waals surface area contributed by atoms with Crippen LogP contribution in [0, 0.1) is 20.2 Å². The van der Waals surface area contributed by atoms with Crippen LogP contribution in [0.1, 0.15) is 0 Å². The Hall–Kier alpha value is -2.23. The number of rotatable bonds is 3. The van der Waals surface area contributed by atoms with Crippen molar-refractivity contribution in [3.63, 3.8) is 0 Å². The molecule has 0 fully saturated rings. The third-order valence-electron chi connectivity index (χ3n) is 1.20. The van der Waals surface area contributed by atoms with E-state index in [4.69, 9.17) is 5.21 Å². The Balaban J connectivity index is 3.26. The first kappa shape index (κ1) is 8.86. The standard InChI is InChI=1S/C3H3N5O5/c9-6-1-2(7(10)11)4-5-3(1)8(12)13/h6,9H,(H,4,5). The van der Waals surface area contributed by atoms with Crippen molar-refractivity contribution in [2.45, 2.75) is 0 Å². The zero-order valence-corrected chi connectivity index (χ0v) is 5.92. The first-order valence-corrected chi connectivity index (χ1v) is 2.85. The summed E-state index contributed by atoms with van der Waals surface area (Å²) in [6.07, 6.45) is 0. The number of aromatic nitrogens is 2. The molecule has 0 aliphatic carbocycles. The van der Waals surface area contributed by atoms with Crippen molar-refractivity contribution in [2.24, 2.45) is 0 Å². The van der Waals surface area contributed by atoms with E-state index in [1.807, 2.05) is 0 Å². The van der Waals surface area contributed by atoms with E-state index in [2.05, 4.69) is 5.10 Å². The highest BCUT2D eigenvalue weighted by atomic mass is 16.6. The van der Waals surface area contributed by atoms with Gasteiger partial charge in [0, 0.05) is 0 Å². The van der Waals surface area contributed by atoms with Crippen LogP contribution in [0.4, 0.5) is 17.3 Å². The van der Waals surface area contributed by atoms with Gasteiger partial charge in [-0.2, -0.15) is 0 Å². The van der Waals surface area contributed by atoms with Gasteiger partial charge < -0.3 is 20.2 Å². The van der Waals surface area contributed by atoms with Crippen molar-refractivity contribution in [1.29, 1.82) is 0 Å². The van der Waals surface area contributed by atoms with Crippen molar-refractivity contribution in [3.8, 4) is 0 Å². The number of nitrogens with one attached hydrogen (secondary N) is 2. The van der Waals surface area contributed by atoms with Crippen molar-refractivity contribution >= 4 is 17.3 Å². The highest BCUT2D eigenvalue weighted by Gasteiger charge is 2.31. The van der Waals surface area contributed by atoms with Crippen molar-refractivity contribution < 1.29 is 15.1 Å². The average Bonchev–Trinajstić information content (AvgIpc) is 2.46. The van der Waals surface area contributed by atoms with Gasteiger partial charge in [0.15, 0.2) is 0 Å². The Morgan fingerprint density at radius 2 is 2.00 bits per heavy atom. The third-order valence-corrected chi connectivity index (χ3v) is 1.20. The number of nitro groups is 2. The van der Waals surface area contributed by atoms with Crippen molar-refractivity contribution in [2.75, 3.05) is 5.48 Å². The molecule has 13 heavy (non-hydrogen) atoms. The summed E-state index contributed by atoms with van der Waals surface area (Å²) in [5.41, 5.74) is 0.658. The van der Waals surface area contributed by atoms with Gasteiger partial charge in [-0.25, -0.2) is 0 Å². The van der Waals surface area contributed by atoms with Crippen LogP contribution in [0.3, 0.4) is 0 Å². The molecule has 0 radical (unpaired) electrons. The van der Waals surface area contributed by atoms with Gasteiger partial charge in [0.05, 0.1) is 0 Å². The van der Waals surface area contributed by atoms with Crippen molar-refractivity contribution in [1.82, 2.24) is 10.2 Å². The second kappa shape index (κ2) is 3.02. The Morgan fingerprint density at radius 3 is 2.38 bits per heavy atom. The monoisotopic (exact) mass is 189 g/mol. The second-order valence-corrected chi connectivity index (χ2v) is 1.90. The molecule has 70 valence electrons. The third kappa shape index (κ3) is 1.37. The molecule has 10 heteroatoms. The predicted molar refractivity (Wildman–Crippen MR) is 37.3 cm³/mol. The van der Waals surface area contributed by atoms with Gasteiger partial charge in [-0.05, 0) is 14.9 Å². The molecule has 0 saturated carbocycles. The molecular formula is C3H3N5O5. The molecule has 0 aliphatic rings. The van der Waals surface area contributed by atoms with Crippen molar-refractivity contribution in [3.05, 3.63) is 20.2 Å². The predicted octanol–water partition coefficient (Wildman–Crippen LogP) is 0.0272. The minimum absolute atomic E-state index is 0.671. The molecule has 0 atom stereocenters. The Bertz CT molecular complexity index is 326. The number of nitrogens with zero attached hydrogens (tertiary/aromatic N) is 3. The van der Waals surface area contributed by atoms with Crippen LogP contribution < -0.4 is 5.48 Å². The van der Waals surface area contributed by atoms with E-state index in [-0.39, 0.29) is 0 Å². The quantitative estimate of drug-likeness (QED) is 0.448. The lowest BCUT2D eigenvalue weighted by Gasteiger charge is -1.93. The molecule has 0 aliphatic heterocycles. The van der Waals surface area contributed by atoms with Gasteiger partial charge in [-0.3, -0.25) is 10.7 Å². The first-order chi connectivity index (χ1) is 6.07. The SMILES string of the molecule is O=[N+]([O-])c1n[nH]c([N+](=O)[O-])c1NO. The number of anilines is 1. The number of aromatic amines is 1. The van der Waals surface area contributed by atoms with E-state index in [9.17, 15) is 20.2 Å². The van der Waals surface area contributed by atoms with Crippen LogP contribution in [-0.2, 0) is 0 Å². The largest absolute Gasteiger partial charge is 0.445 e. The summed E-state index contributed by atoms with van der Waals surface area (Å²) in [6, 6.07) is 0. The molecule has 0 bridgehead atoms. The maximum atomic E-state index is 10.2. The molecule has 0 spiro atoms. The fourth-order valence-corrected chi connectivity index (χ4v) is 0.691. The fourth-order valence-electron chi connectivity index (χ4n) is 0.691. The van der Waals surface area contributed by atoms with Crippen LogP contribution in [0.25, 0.3) is 0 Å². The summed E-state index contributed by atoms with van der Waals surface area (Å²) in [6.45, 7) is 0. The lowest BCUT2D eigenvalue weighted by atomic mass is 10.5. The summed E-state index contributed by atoms with van der Waals surface area (Å²) in [7, 11) is 0. The Labute approximate surface area is 69.4 Å². The number of H-pyrrole nitrogens is 1. The minimum atomic E-state index is -0.970. The normalized spacial score (nSPS) is 9.62. The average molecular weight is 189 g/mol. The molecule has 0 amide bonds. The molecule has 1 rings (SSSR count). The molecule has 0 unspecified atom stereocenters. The molecule has 1 aromatic heterocycles. The van der Waals surface area contributed by atoms with E-state index >= 15 is 0 Å². The van der Waals surface area contributed by atoms with Crippen LogP contribution in [0.5, 0.6) is 0 Å². The van der Waals surface area contributed by atoms with E-state index in [1.54, 1.807) is 5.10 Å². The molecule has 10 nitrogen and oxygen atoms in total. The lowest BCUT2D eigenvalue weighted by Crippen LogP contribution is -1.97. The highest BCUT2D eigenvalue weighted by molar-refractivity contribution is 5.66. The summed E-state index contributed by atoms with van der Waals surface area (Å²) in [4.78, 5) is 18.4. The van der Waals surface area contributed by atoms with Gasteiger partial charge >= 0.3 is 11.6 Å². The second-order valence-electron chi connectivity index (χ2n) is 1.90. The maximum absolute atomic E-state index is 10.2. The Morgan fingerprint density at radius 1 is 1.38 bits per heavy atom. The molecule has 1 aromatic rings. The van der Waals surface area contributed by atoms with E-state index in [0.717, 1.165) is 0 Å². The topological polar surface area (TPSA) is 147 Å². The first-order valence-electron chi connectivity index (χ1n) is 2.85. The van der Waals surface area contributed by atoms with Crippen LogP contribution in [-0.4, -0.2) is 25.3 Å². The van der Waals surface area contributed by atoms with Gasteiger partial charge in [0.25, 0.3) is 5.69 Å². The van der Waals surface area contributed by atoms with E-state index in [1.165, 1.54) is 5.48 Å². The minimum Gasteiger partial charge on any atom is -0.358 e. The summed E-state index contributed by atoms with van der Waals surface area (Å²) >= 11 is 0. The van der Waals surface area contributed by atoms with Gasteiger partial charge in [-0.15, -0.1) is 0 Å². The zero-order chi connectivity index (χ0) is 10.0. The summed E-state index contributed by atoms with van der Waals surface area (Å²) in [5, 5.41) is 33.5. The van der Waals surface area contributed by atoms with Gasteiger partial charge in [0.2, 0.25) is 0 Å². The van der Waals surface area contributed by atoms with Crippen LogP contribution in [0.2, 0.25) is 0 Å². The molecule has 0 saturated heterocycles. The number of hydrogen-bond donors (Lipinski definition) is 3. The Kier molecular flexibility index (Phi) is 2.06. The maximum Gasteiger partial charge on any atom is 0.445 e.